The number of piperidine rings is 6. The summed E-state index contributed by atoms with van der Waals surface area (Å²) in [5, 5.41) is 25.9. The summed E-state index contributed by atoms with van der Waals surface area (Å²) < 4.78 is 78.3. The van der Waals surface area contributed by atoms with Gasteiger partial charge in [0, 0.05) is 60.7 Å². The summed E-state index contributed by atoms with van der Waals surface area (Å²) >= 11 is 0. The van der Waals surface area contributed by atoms with Crippen molar-refractivity contribution in [1.29, 1.82) is 0 Å². The first kappa shape index (κ1) is 40.5. The molecular formula is C48H52F4N4O4+2. The number of hydrogen-bond donors (Lipinski definition) is 2. The maximum atomic E-state index is 16.8. The summed E-state index contributed by atoms with van der Waals surface area (Å²) in [5.41, 5.74) is 1.19. The van der Waals surface area contributed by atoms with Gasteiger partial charge in [0.25, 0.3) is 0 Å². The number of aliphatic hydroxyl groups excluding tert-OH is 2. The predicted molar refractivity (Wildman–Crippen MR) is 221 cm³/mol. The van der Waals surface area contributed by atoms with Crippen molar-refractivity contribution in [2.24, 2.45) is 23.7 Å². The SMILES string of the molecule is C=CC1C[N+]2(Cc3c(F)c(F)c(C[N+]45CCC(C[C@H]4[C@H](O)c4ccnc6ccc(OC)cc46)C(C=C)C5)c(F)c3F)CCC1C[C@H]2[C@H](O)c1ccnc2ccc(OC)cc12. The third-order valence-electron chi connectivity index (χ3n) is 15.1. The number of pyridine rings is 2. The fourth-order valence-electron chi connectivity index (χ4n) is 11.9. The van der Waals surface area contributed by atoms with Crippen molar-refractivity contribution in [3.8, 4) is 11.5 Å². The van der Waals surface area contributed by atoms with E-state index >= 15 is 17.6 Å². The largest absolute Gasteiger partial charge is 0.497 e. The molecule has 3 aromatic carbocycles. The molecule has 8 heterocycles. The Morgan fingerprint density at radius 3 is 1.43 bits per heavy atom. The molecule has 8 nitrogen and oxygen atoms in total. The Balaban J connectivity index is 1.09. The van der Waals surface area contributed by atoms with Crippen LogP contribution in [0.5, 0.6) is 11.5 Å². The molecular weight excluding hydrogens is 773 g/mol. The minimum atomic E-state index is -1.42. The molecule has 6 unspecified atom stereocenters. The van der Waals surface area contributed by atoms with E-state index < -0.39 is 58.7 Å². The zero-order chi connectivity index (χ0) is 42.1. The lowest BCUT2D eigenvalue weighted by Crippen LogP contribution is -2.68. The number of aromatic nitrogens is 2. The van der Waals surface area contributed by atoms with Crippen LogP contribution >= 0.6 is 0 Å². The second-order valence-corrected chi connectivity index (χ2v) is 17.7. The minimum Gasteiger partial charge on any atom is -0.497 e. The maximum Gasteiger partial charge on any atom is 0.171 e. The molecule has 4 bridgehead atoms. The number of fused-ring (bicyclic) bond motifs is 8. The molecule has 10 atom stereocenters. The molecule has 0 amide bonds. The average Bonchev–Trinajstić information content (AvgIpc) is 3.29. The Bertz CT molecular complexity index is 2300. The fourth-order valence-corrected chi connectivity index (χ4v) is 11.9. The van der Waals surface area contributed by atoms with Crippen LogP contribution in [-0.2, 0) is 13.1 Å². The highest BCUT2D eigenvalue weighted by atomic mass is 19.2. The summed E-state index contributed by atoms with van der Waals surface area (Å²) in [5.74, 6) is -4.12. The van der Waals surface area contributed by atoms with Gasteiger partial charge in [-0.05, 0) is 71.5 Å². The molecule has 0 saturated carbocycles. The molecule has 2 aromatic heterocycles. The van der Waals surface area contributed by atoms with E-state index in [9.17, 15) is 10.2 Å². The lowest BCUT2D eigenvalue weighted by atomic mass is 9.71. The van der Waals surface area contributed by atoms with Crippen molar-refractivity contribution in [2.45, 2.75) is 63.1 Å². The Labute approximate surface area is 347 Å². The second-order valence-electron chi connectivity index (χ2n) is 17.7. The molecule has 0 aliphatic carbocycles. The number of ether oxygens (including phenoxy) is 2. The standard InChI is InChI=1S/C48H52F4N4O4/c1-5-27-23-55(17-13-29(27)19-41(55)47(57)33-11-15-53-39-9-7-31(59-3)21-35(33)39)25-37-43(49)45(51)38(46(52)44(37)50)26-56-18-14-30(28(6-2)24-56)20-42(56)48(58)34-12-16-54-40-10-8-32(60-4)22-36(34)40/h5-12,15-16,21-22,27-30,41-42,47-48,57-58H,1-2,13-14,17-20,23-26H2,3-4H3/q+2/t27?,28?,29?,30?,41-,42-,47+,48+,55?,56?/m0/s1. The first-order chi connectivity index (χ1) is 28.9. The fraction of sp³-hybridized carbons (Fsp3) is 0.417. The quantitative estimate of drug-likeness (QED) is 0.0568. The molecule has 60 heavy (non-hydrogen) atoms. The Morgan fingerprint density at radius 1 is 0.667 bits per heavy atom. The van der Waals surface area contributed by atoms with Crippen molar-refractivity contribution in [2.75, 3.05) is 40.4 Å². The van der Waals surface area contributed by atoms with Gasteiger partial charge in [-0.1, -0.05) is 12.2 Å². The van der Waals surface area contributed by atoms with Crippen LogP contribution in [0.1, 0.15) is 60.1 Å². The van der Waals surface area contributed by atoms with E-state index in [0.717, 1.165) is 0 Å². The number of aliphatic hydroxyl groups is 2. The van der Waals surface area contributed by atoms with Crippen molar-refractivity contribution in [1.82, 2.24) is 9.97 Å². The Hall–Kier alpha value is -4.88. The summed E-state index contributed by atoms with van der Waals surface area (Å²) in [6.45, 7) is 9.15. The lowest BCUT2D eigenvalue weighted by molar-refractivity contribution is -0.985. The first-order valence-corrected chi connectivity index (χ1v) is 21.0. The van der Waals surface area contributed by atoms with E-state index in [2.05, 4.69) is 23.1 Å². The van der Waals surface area contributed by atoms with Crippen LogP contribution < -0.4 is 9.47 Å². The number of methoxy groups -OCH3 is 2. The summed E-state index contributed by atoms with van der Waals surface area (Å²) in [6, 6.07) is 13.3. The summed E-state index contributed by atoms with van der Waals surface area (Å²) in [4.78, 5) is 8.94. The van der Waals surface area contributed by atoms with E-state index in [1.165, 1.54) is 0 Å². The molecule has 12 heteroatoms. The monoisotopic (exact) mass is 824 g/mol. The van der Waals surface area contributed by atoms with Crippen LogP contribution in [0, 0.1) is 46.9 Å². The van der Waals surface area contributed by atoms with Gasteiger partial charge in [0.1, 0.15) is 48.9 Å². The Kier molecular flexibility index (Phi) is 10.5. The van der Waals surface area contributed by atoms with E-state index in [-0.39, 0.29) is 45.7 Å². The van der Waals surface area contributed by atoms with Crippen molar-refractivity contribution in [3.05, 3.63) is 132 Å². The highest BCUT2D eigenvalue weighted by Crippen LogP contribution is 2.51. The summed E-state index contributed by atoms with van der Waals surface area (Å²) in [7, 11) is 3.11. The number of benzene rings is 3. The molecule has 5 aromatic rings. The maximum absolute atomic E-state index is 16.8. The first-order valence-electron chi connectivity index (χ1n) is 21.0. The van der Waals surface area contributed by atoms with Gasteiger partial charge in [-0.2, -0.15) is 0 Å². The van der Waals surface area contributed by atoms with Gasteiger partial charge in [-0.25, -0.2) is 17.6 Å². The number of nitrogens with zero attached hydrogens (tertiary/aromatic N) is 4. The number of hydrogen-bond acceptors (Lipinski definition) is 6. The zero-order valence-electron chi connectivity index (χ0n) is 34.0. The molecule has 2 N–H and O–H groups in total. The number of halogens is 4. The van der Waals surface area contributed by atoms with E-state index in [1.807, 2.05) is 36.4 Å². The van der Waals surface area contributed by atoms with Crippen LogP contribution in [0.4, 0.5) is 17.6 Å². The molecule has 314 valence electrons. The van der Waals surface area contributed by atoms with Crippen LogP contribution in [0.25, 0.3) is 21.8 Å². The summed E-state index contributed by atoms with van der Waals surface area (Å²) in [6.07, 6.45) is 7.30. The zero-order valence-corrected chi connectivity index (χ0v) is 34.0. The smallest absolute Gasteiger partial charge is 0.171 e. The van der Waals surface area contributed by atoms with E-state index in [0.29, 0.717) is 96.3 Å². The average molecular weight is 825 g/mol. The normalized spacial score (nSPS) is 29.4. The van der Waals surface area contributed by atoms with Crippen LogP contribution in [0.2, 0.25) is 0 Å². The van der Waals surface area contributed by atoms with Crippen molar-refractivity contribution in [3.63, 3.8) is 0 Å². The Morgan fingerprint density at radius 2 is 1.07 bits per heavy atom. The minimum absolute atomic E-state index is 0.00540. The van der Waals surface area contributed by atoms with Gasteiger partial charge in [0.15, 0.2) is 23.3 Å². The van der Waals surface area contributed by atoms with Gasteiger partial charge in [-0.3, -0.25) is 9.97 Å². The lowest BCUT2D eigenvalue weighted by Gasteiger charge is -2.58. The highest BCUT2D eigenvalue weighted by molar-refractivity contribution is 5.84. The molecule has 0 radical (unpaired) electrons. The van der Waals surface area contributed by atoms with Crippen LogP contribution in [0.15, 0.2) is 86.2 Å². The molecule has 6 aliphatic rings. The molecule has 0 spiro atoms. The van der Waals surface area contributed by atoms with Gasteiger partial charge < -0.3 is 28.7 Å². The second kappa shape index (κ2) is 15.5. The van der Waals surface area contributed by atoms with E-state index in [4.69, 9.17) is 9.47 Å². The van der Waals surface area contributed by atoms with Gasteiger partial charge in [0.05, 0.1) is 62.6 Å². The highest BCUT2D eigenvalue weighted by Gasteiger charge is 2.57. The molecule has 6 fully saturated rings. The van der Waals surface area contributed by atoms with Gasteiger partial charge >= 0.3 is 0 Å². The van der Waals surface area contributed by atoms with Gasteiger partial charge in [0.2, 0.25) is 0 Å². The van der Waals surface area contributed by atoms with Crippen molar-refractivity contribution < 1.29 is 46.2 Å². The van der Waals surface area contributed by atoms with Crippen LogP contribution in [0.3, 0.4) is 0 Å². The van der Waals surface area contributed by atoms with Crippen LogP contribution in [-0.4, -0.2) is 81.6 Å². The topological polar surface area (TPSA) is 84.7 Å². The third-order valence-corrected chi connectivity index (χ3v) is 15.1. The third kappa shape index (κ3) is 6.49. The molecule has 11 rings (SSSR count). The van der Waals surface area contributed by atoms with Gasteiger partial charge in [-0.15, -0.1) is 13.2 Å². The number of quaternary nitrogens is 2. The van der Waals surface area contributed by atoms with Crippen molar-refractivity contribution >= 4 is 21.8 Å². The molecule has 6 aliphatic heterocycles. The number of rotatable bonds is 12. The predicted octanol–water partition coefficient (Wildman–Crippen LogP) is 8.65. The van der Waals surface area contributed by atoms with E-state index in [1.54, 1.807) is 50.9 Å². The molecule has 6 saturated heterocycles.